The first-order valence-electron chi connectivity index (χ1n) is 8.23. The summed E-state index contributed by atoms with van der Waals surface area (Å²) in [6, 6.07) is 18.6. The van der Waals surface area contributed by atoms with Crippen LogP contribution in [0, 0.1) is 0 Å². The van der Waals surface area contributed by atoms with E-state index >= 15 is 0 Å². The summed E-state index contributed by atoms with van der Waals surface area (Å²) in [5.74, 6) is -0.142. The van der Waals surface area contributed by atoms with Gasteiger partial charge in [0.2, 0.25) is 0 Å². The van der Waals surface area contributed by atoms with Crippen LogP contribution in [0.25, 0.3) is 32.7 Å². The van der Waals surface area contributed by atoms with Gasteiger partial charge in [0, 0.05) is 11.1 Å². The Kier molecular flexibility index (Phi) is 7.35. The molecule has 4 aromatic rings. The fourth-order valence-corrected chi connectivity index (χ4v) is 3.54. The Morgan fingerprint density at radius 2 is 0.867 bits per heavy atom. The van der Waals surface area contributed by atoms with Gasteiger partial charge in [-0.05, 0) is 33.7 Å². The molecule has 10 heteroatoms. The molecule has 0 atom stereocenters. The van der Waals surface area contributed by atoms with Gasteiger partial charge >= 0.3 is 55.8 Å². The standard InChI is InChI=1S/C20H12Cl2O2.5ClH.Sb/c21-15-9-11-5-1-3-7-13(11)17(19(15)23)18-14-8-4-2-6-12(14)10-16(22)20(18)24;;;;;;/h1-10,23-24H;5*1H;/q;;;;;;+5/p-5. The van der Waals surface area contributed by atoms with E-state index in [1.165, 1.54) is 0 Å². The van der Waals surface area contributed by atoms with Gasteiger partial charge in [0.25, 0.3) is 0 Å². The van der Waals surface area contributed by atoms with Gasteiger partial charge < -0.3 is 10.2 Å². The van der Waals surface area contributed by atoms with Crippen molar-refractivity contribution in [2.75, 3.05) is 0 Å². The molecule has 0 saturated carbocycles. The molecule has 0 radical (unpaired) electrons. The summed E-state index contributed by atoms with van der Waals surface area (Å²) in [7, 11) is 25.2. The Bertz CT molecular complexity index is 1160. The van der Waals surface area contributed by atoms with Crippen LogP contribution in [0.5, 0.6) is 11.5 Å². The molecule has 0 aromatic heterocycles. The minimum atomic E-state index is -4.33. The summed E-state index contributed by atoms with van der Waals surface area (Å²) in [5, 5.41) is 25.1. The van der Waals surface area contributed by atoms with Crippen molar-refractivity contribution in [2.45, 2.75) is 0 Å². The Hall–Kier alpha value is -0.152. The molecular formula is C20H12Cl7O2Sb. The number of rotatable bonds is 1. The van der Waals surface area contributed by atoms with E-state index in [1.807, 2.05) is 48.5 Å². The molecule has 4 rings (SSSR count). The molecule has 2 nitrogen and oxygen atoms in total. The fraction of sp³-hybridized carbons (Fsp3) is 0. The number of fused-ring (bicyclic) bond motifs is 2. The Morgan fingerprint density at radius 3 is 1.20 bits per heavy atom. The van der Waals surface area contributed by atoms with Crippen molar-refractivity contribution in [1.29, 1.82) is 0 Å². The number of phenols is 2. The topological polar surface area (TPSA) is 40.5 Å². The van der Waals surface area contributed by atoms with Gasteiger partial charge in [-0.3, -0.25) is 0 Å². The third-order valence-corrected chi connectivity index (χ3v) is 4.78. The molecule has 0 heterocycles. The molecule has 0 aliphatic heterocycles. The first-order valence-corrected chi connectivity index (χ1v) is 25.1. The van der Waals surface area contributed by atoms with E-state index in [0.717, 1.165) is 21.5 Å². The number of hydrogen-bond acceptors (Lipinski definition) is 2. The molecule has 0 fully saturated rings. The number of hydrogen-bond donors (Lipinski definition) is 2. The van der Waals surface area contributed by atoms with Crippen molar-refractivity contribution < 1.29 is 10.2 Å². The molecule has 2 N–H and O–H groups in total. The molecule has 0 saturated heterocycles. The monoisotopic (exact) mass is 650 g/mol. The van der Waals surface area contributed by atoms with E-state index in [9.17, 15) is 10.2 Å². The predicted octanol–water partition coefficient (Wildman–Crippen LogP) is 9.44. The van der Waals surface area contributed by atoms with Crippen LogP contribution < -0.4 is 0 Å². The van der Waals surface area contributed by atoms with Gasteiger partial charge in [-0.15, -0.1) is 0 Å². The van der Waals surface area contributed by atoms with Crippen LogP contribution in [-0.2, 0) is 0 Å². The van der Waals surface area contributed by atoms with Crippen molar-refractivity contribution in [3.8, 4) is 22.6 Å². The number of aromatic hydroxyl groups is 2. The van der Waals surface area contributed by atoms with E-state index in [1.54, 1.807) is 12.1 Å². The first-order chi connectivity index (χ1) is 13.8. The van der Waals surface area contributed by atoms with Crippen LogP contribution in [0.1, 0.15) is 0 Å². The van der Waals surface area contributed by atoms with Gasteiger partial charge in [0.15, 0.2) is 0 Å². The maximum atomic E-state index is 10.6. The third kappa shape index (κ3) is 6.00. The van der Waals surface area contributed by atoms with Crippen LogP contribution in [0.15, 0.2) is 60.7 Å². The summed E-state index contributed by atoms with van der Waals surface area (Å²) >= 11 is 8.11. The second kappa shape index (κ2) is 9.00. The zero-order valence-electron chi connectivity index (χ0n) is 14.8. The molecule has 4 aromatic carbocycles. The molecule has 0 spiro atoms. The van der Waals surface area contributed by atoms with Crippen LogP contribution in [-0.4, -0.2) is 21.9 Å². The van der Waals surface area contributed by atoms with Crippen LogP contribution in [0.2, 0.25) is 10.0 Å². The van der Waals surface area contributed by atoms with E-state index in [4.69, 9.17) is 67.3 Å². The van der Waals surface area contributed by atoms with E-state index < -0.39 is 11.7 Å². The Balaban J connectivity index is 0.000000377. The van der Waals surface area contributed by atoms with Gasteiger partial charge in [-0.2, -0.15) is 0 Å². The zero-order valence-corrected chi connectivity index (χ0v) is 22.6. The summed E-state index contributed by atoms with van der Waals surface area (Å²) in [6.45, 7) is 0. The molecule has 0 aliphatic rings. The van der Waals surface area contributed by atoms with Gasteiger partial charge in [-0.25, -0.2) is 0 Å². The number of phenolic OH excluding ortho intramolecular Hbond substituents is 2. The molecule has 30 heavy (non-hydrogen) atoms. The van der Waals surface area contributed by atoms with Crippen LogP contribution in [0.4, 0.5) is 0 Å². The van der Waals surface area contributed by atoms with Gasteiger partial charge in [0.1, 0.15) is 11.5 Å². The maximum absolute atomic E-state index is 10.6. The van der Waals surface area contributed by atoms with E-state index in [0.29, 0.717) is 11.1 Å². The quantitative estimate of drug-likeness (QED) is 0.201. The van der Waals surface area contributed by atoms with Crippen molar-refractivity contribution in [3.05, 3.63) is 70.7 Å². The fourth-order valence-electron chi connectivity index (χ4n) is 3.11. The molecule has 0 unspecified atom stereocenters. The molecular weight excluding hydrogens is 642 g/mol. The summed E-state index contributed by atoms with van der Waals surface area (Å²) in [5.41, 5.74) is 0.962. The predicted molar refractivity (Wildman–Crippen MR) is 135 cm³/mol. The SMILES string of the molecule is Oc1c(Cl)cc2ccccc2c1-c1c(O)c(Cl)cc2ccccc12.[Cl][Sb]([Cl])([Cl])([Cl])[Cl]. The average molecular weight is 654 g/mol. The van der Waals surface area contributed by atoms with Crippen molar-refractivity contribution >= 4 is 101 Å². The Labute approximate surface area is 202 Å². The van der Waals surface area contributed by atoms with Gasteiger partial charge in [-0.1, -0.05) is 71.7 Å². The van der Waals surface area contributed by atoms with E-state index in [2.05, 4.69) is 0 Å². The Morgan fingerprint density at radius 1 is 0.567 bits per heavy atom. The van der Waals surface area contributed by atoms with Crippen LogP contribution >= 0.6 is 67.3 Å². The zero-order chi connectivity index (χ0) is 22.3. The van der Waals surface area contributed by atoms with Gasteiger partial charge in [0.05, 0.1) is 10.0 Å². The molecule has 158 valence electrons. The normalized spacial score (nSPS) is 12.8. The van der Waals surface area contributed by atoms with Crippen LogP contribution in [0.3, 0.4) is 0 Å². The minimum absolute atomic E-state index is 0.0712. The first kappa shape index (κ1) is 24.5. The van der Waals surface area contributed by atoms with Crippen molar-refractivity contribution in [3.63, 3.8) is 0 Å². The second-order valence-electron chi connectivity index (χ2n) is 6.25. The average Bonchev–Trinajstić information content (AvgIpc) is 2.63. The van der Waals surface area contributed by atoms with Crippen molar-refractivity contribution in [2.24, 2.45) is 0 Å². The molecule has 0 aliphatic carbocycles. The number of halogens is 7. The summed E-state index contributed by atoms with van der Waals surface area (Å²) in [6.07, 6.45) is 0. The number of benzene rings is 4. The second-order valence-corrected chi connectivity index (χ2v) is 45.0. The molecule has 0 amide bonds. The summed E-state index contributed by atoms with van der Waals surface area (Å²) in [4.78, 5) is 0. The summed E-state index contributed by atoms with van der Waals surface area (Å²) < 4.78 is 0. The third-order valence-electron chi connectivity index (χ3n) is 4.20. The molecule has 0 bridgehead atoms. The van der Waals surface area contributed by atoms with Crippen molar-refractivity contribution in [1.82, 2.24) is 0 Å². The van der Waals surface area contributed by atoms with E-state index in [-0.39, 0.29) is 21.5 Å².